The molecule has 1 atom stereocenters. The van der Waals surface area contributed by atoms with Gasteiger partial charge in [-0.05, 0) is 7.05 Å². The molecule has 0 amide bonds. The number of hydrogen-bond acceptors (Lipinski definition) is 4. The zero-order valence-electron chi connectivity index (χ0n) is 8.13. The van der Waals surface area contributed by atoms with E-state index in [0.29, 0.717) is 6.04 Å². The van der Waals surface area contributed by atoms with Crippen LogP contribution in [-0.2, 0) is 9.47 Å². The first kappa shape index (κ1) is 12.2. The lowest BCUT2D eigenvalue weighted by molar-refractivity contribution is 0.177. The Morgan fingerprint density at radius 1 is 1.33 bits per heavy atom. The average Bonchev–Trinajstić information content (AvgIpc) is 2.10. The highest BCUT2D eigenvalue weighted by Gasteiger charge is 2.03. The van der Waals surface area contributed by atoms with E-state index in [0.717, 1.165) is 24.7 Å². The number of thioether (sulfide) groups is 1. The number of methoxy groups -OCH3 is 2. The molecule has 0 rings (SSSR count). The summed E-state index contributed by atoms with van der Waals surface area (Å²) in [7, 11) is 5.41. The molecular weight excluding hydrogens is 174 g/mol. The molecule has 74 valence electrons. The fraction of sp³-hybridized carbons (Fsp3) is 1.00. The summed E-state index contributed by atoms with van der Waals surface area (Å²) in [5.74, 6) is 2.13. The lowest BCUT2D eigenvalue weighted by Crippen LogP contribution is -2.32. The minimum absolute atomic E-state index is 0.455. The van der Waals surface area contributed by atoms with Gasteiger partial charge in [-0.25, -0.2) is 0 Å². The van der Waals surface area contributed by atoms with E-state index < -0.39 is 0 Å². The van der Waals surface area contributed by atoms with Gasteiger partial charge in [-0.1, -0.05) is 0 Å². The highest BCUT2D eigenvalue weighted by atomic mass is 32.2. The molecule has 0 spiro atoms. The second-order valence-electron chi connectivity index (χ2n) is 2.51. The maximum absolute atomic E-state index is 5.04. The van der Waals surface area contributed by atoms with Crippen molar-refractivity contribution in [1.82, 2.24) is 5.32 Å². The van der Waals surface area contributed by atoms with Crippen molar-refractivity contribution in [2.24, 2.45) is 0 Å². The van der Waals surface area contributed by atoms with Gasteiger partial charge in [0.1, 0.15) is 0 Å². The third-order valence-electron chi connectivity index (χ3n) is 1.53. The molecule has 0 bridgehead atoms. The van der Waals surface area contributed by atoms with E-state index >= 15 is 0 Å². The van der Waals surface area contributed by atoms with Crippen LogP contribution in [0.5, 0.6) is 0 Å². The van der Waals surface area contributed by atoms with Crippen LogP contribution in [0.4, 0.5) is 0 Å². The molecule has 4 heteroatoms. The number of ether oxygens (including phenoxy) is 2. The minimum Gasteiger partial charge on any atom is -0.384 e. The molecule has 12 heavy (non-hydrogen) atoms. The first-order valence-electron chi connectivity index (χ1n) is 4.08. The smallest absolute Gasteiger partial charge is 0.0623 e. The van der Waals surface area contributed by atoms with Crippen LogP contribution in [0.1, 0.15) is 0 Å². The van der Waals surface area contributed by atoms with Gasteiger partial charge >= 0.3 is 0 Å². The van der Waals surface area contributed by atoms with Crippen LogP contribution in [0.15, 0.2) is 0 Å². The Labute approximate surface area is 79.2 Å². The standard InChI is InChI=1S/C8H19NO2S/c1-9-8(6-11-3)7-12-5-4-10-2/h8-9H,4-7H2,1-3H3. The molecule has 0 radical (unpaired) electrons. The van der Waals surface area contributed by atoms with Crippen LogP contribution in [0, 0.1) is 0 Å². The van der Waals surface area contributed by atoms with Gasteiger partial charge in [-0.3, -0.25) is 0 Å². The molecule has 1 unspecified atom stereocenters. The van der Waals surface area contributed by atoms with Gasteiger partial charge in [-0.2, -0.15) is 11.8 Å². The van der Waals surface area contributed by atoms with Gasteiger partial charge in [0.2, 0.25) is 0 Å². The van der Waals surface area contributed by atoms with Crippen molar-refractivity contribution in [2.45, 2.75) is 6.04 Å². The zero-order chi connectivity index (χ0) is 9.23. The molecule has 0 heterocycles. The number of nitrogens with one attached hydrogen (secondary N) is 1. The molecule has 0 aromatic carbocycles. The Hall–Kier alpha value is 0.230. The molecule has 0 saturated carbocycles. The largest absolute Gasteiger partial charge is 0.384 e. The zero-order valence-corrected chi connectivity index (χ0v) is 8.95. The Morgan fingerprint density at radius 2 is 2.08 bits per heavy atom. The highest BCUT2D eigenvalue weighted by Crippen LogP contribution is 2.02. The van der Waals surface area contributed by atoms with Crippen LogP contribution >= 0.6 is 11.8 Å². The topological polar surface area (TPSA) is 30.5 Å². The van der Waals surface area contributed by atoms with E-state index in [4.69, 9.17) is 9.47 Å². The second kappa shape index (κ2) is 9.32. The molecule has 0 aliphatic heterocycles. The summed E-state index contributed by atoms with van der Waals surface area (Å²) in [6.45, 7) is 1.60. The molecule has 0 aromatic heterocycles. The van der Waals surface area contributed by atoms with Crippen LogP contribution in [0.2, 0.25) is 0 Å². The summed E-state index contributed by atoms with van der Waals surface area (Å²) >= 11 is 1.88. The fourth-order valence-electron chi connectivity index (χ4n) is 0.784. The molecule has 0 saturated heterocycles. The van der Waals surface area contributed by atoms with Crippen molar-refractivity contribution in [3.8, 4) is 0 Å². The molecule has 0 aliphatic carbocycles. The van der Waals surface area contributed by atoms with Gasteiger partial charge in [0.05, 0.1) is 13.2 Å². The van der Waals surface area contributed by atoms with E-state index in [1.165, 1.54) is 0 Å². The summed E-state index contributed by atoms with van der Waals surface area (Å²) in [5.41, 5.74) is 0. The number of rotatable bonds is 8. The van der Waals surface area contributed by atoms with Crippen molar-refractivity contribution in [2.75, 3.05) is 46.0 Å². The number of hydrogen-bond donors (Lipinski definition) is 1. The highest BCUT2D eigenvalue weighted by molar-refractivity contribution is 7.99. The normalized spacial score (nSPS) is 13.2. The van der Waals surface area contributed by atoms with Crippen molar-refractivity contribution in [3.63, 3.8) is 0 Å². The maximum atomic E-state index is 5.04. The quantitative estimate of drug-likeness (QED) is 0.572. The lowest BCUT2D eigenvalue weighted by atomic mass is 10.4. The van der Waals surface area contributed by atoms with E-state index in [1.807, 2.05) is 18.8 Å². The summed E-state index contributed by atoms with van der Waals surface area (Å²) in [6.07, 6.45) is 0. The van der Waals surface area contributed by atoms with Crippen molar-refractivity contribution in [1.29, 1.82) is 0 Å². The van der Waals surface area contributed by atoms with Gasteiger partial charge in [0, 0.05) is 31.8 Å². The monoisotopic (exact) mass is 193 g/mol. The van der Waals surface area contributed by atoms with Crippen LogP contribution in [0.3, 0.4) is 0 Å². The summed E-state index contributed by atoms with van der Waals surface area (Å²) in [6, 6.07) is 0.455. The molecule has 3 nitrogen and oxygen atoms in total. The van der Waals surface area contributed by atoms with Gasteiger partial charge in [-0.15, -0.1) is 0 Å². The third kappa shape index (κ3) is 6.91. The van der Waals surface area contributed by atoms with E-state index in [9.17, 15) is 0 Å². The molecular formula is C8H19NO2S. The predicted octanol–water partition coefficient (Wildman–Crippen LogP) is 0.600. The Kier molecular flexibility index (Phi) is 9.50. The van der Waals surface area contributed by atoms with Gasteiger partial charge in [0.25, 0.3) is 0 Å². The van der Waals surface area contributed by atoms with Crippen LogP contribution in [0.25, 0.3) is 0 Å². The molecule has 0 aromatic rings. The van der Waals surface area contributed by atoms with E-state index in [2.05, 4.69) is 5.32 Å². The Morgan fingerprint density at radius 3 is 2.58 bits per heavy atom. The van der Waals surface area contributed by atoms with Crippen molar-refractivity contribution < 1.29 is 9.47 Å². The first-order chi connectivity index (χ1) is 5.85. The van der Waals surface area contributed by atoms with Gasteiger partial charge < -0.3 is 14.8 Å². The first-order valence-corrected chi connectivity index (χ1v) is 5.23. The third-order valence-corrected chi connectivity index (χ3v) is 2.62. The molecule has 1 N–H and O–H groups in total. The molecule has 0 fully saturated rings. The van der Waals surface area contributed by atoms with E-state index in [-0.39, 0.29) is 0 Å². The van der Waals surface area contributed by atoms with E-state index in [1.54, 1.807) is 14.2 Å². The van der Waals surface area contributed by atoms with Crippen molar-refractivity contribution >= 4 is 11.8 Å². The second-order valence-corrected chi connectivity index (χ2v) is 3.66. The van der Waals surface area contributed by atoms with Gasteiger partial charge in [0.15, 0.2) is 0 Å². The summed E-state index contributed by atoms with van der Waals surface area (Å²) in [5, 5.41) is 3.19. The van der Waals surface area contributed by atoms with Crippen LogP contribution in [-0.4, -0.2) is 52.0 Å². The number of likely N-dealkylation sites (N-methyl/N-ethyl adjacent to an activating group) is 1. The SMILES string of the molecule is CNC(COC)CSCCOC. The van der Waals surface area contributed by atoms with Crippen LogP contribution < -0.4 is 5.32 Å². The average molecular weight is 193 g/mol. The fourth-order valence-corrected chi connectivity index (χ4v) is 1.78. The van der Waals surface area contributed by atoms with Crippen molar-refractivity contribution in [3.05, 3.63) is 0 Å². The predicted molar refractivity (Wildman–Crippen MR) is 53.9 cm³/mol. The maximum Gasteiger partial charge on any atom is 0.0623 e. The molecule has 0 aliphatic rings. The lowest BCUT2D eigenvalue weighted by Gasteiger charge is -2.13. The minimum atomic E-state index is 0.455. The summed E-state index contributed by atoms with van der Waals surface area (Å²) in [4.78, 5) is 0. The Bertz CT molecular complexity index is 93.1. The Balaban J connectivity index is 3.19. The summed E-state index contributed by atoms with van der Waals surface area (Å²) < 4.78 is 9.99.